The van der Waals surface area contributed by atoms with E-state index in [9.17, 15) is 0 Å². The fourth-order valence-electron chi connectivity index (χ4n) is 0.387. The van der Waals surface area contributed by atoms with Crippen molar-refractivity contribution < 1.29 is 0 Å². The summed E-state index contributed by atoms with van der Waals surface area (Å²) in [4.78, 5) is 0. The van der Waals surface area contributed by atoms with Crippen molar-refractivity contribution in [2.45, 2.75) is 19.8 Å². The summed E-state index contributed by atoms with van der Waals surface area (Å²) < 4.78 is 0. The molecule has 1 nitrogen and oxygen atoms in total. The summed E-state index contributed by atoms with van der Waals surface area (Å²) in [6.07, 6.45) is 6.19. The van der Waals surface area contributed by atoms with Crippen molar-refractivity contribution in [1.82, 2.24) is 5.73 Å². The van der Waals surface area contributed by atoms with Gasteiger partial charge in [0.1, 0.15) is 0 Å². The summed E-state index contributed by atoms with van der Waals surface area (Å²) in [5.41, 5.74) is 6.75. The van der Waals surface area contributed by atoms with Crippen LogP contribution in [0.2, 0.25) is 0 Å². The third-order valence-corrected chi connectivity index (χ3v) is 0.783. The van der Waals surface area contributed by atoms with Crippen LogP contribution in [0.15, 0.2) is 12.2 Å². The van der Waals surface area contributed by atoms with Crippen LogP contribution in [0.25, 0.3) is 0 Å². The third-order valence-electron chi connectivity index (χ3n) is 0.783. The van der Waals surface area contributed by atoms with Crippen molar-refractivity contribution in [2.75, 3.05) is 6.54 Å². The Morgan fingerprint density at radius 1 is 1.57 bits per heavy atom. The molecule has 0 saturated heterocycles. The van der Waals surface area contributed by atoms with Gasteiger partial charge in [0.25, 0.3) is 0 Å². The molecule has 1 heteroatoms. The van der Waals surface area contributed by atoms with Crippen LogP contribution < -0.4 is 5.73 Å². The Hall–Kier alpha value is -0.300. The largest absolute Gasteiger partial charge is 0.258 e. The fraction of sp³-hybridized carbons (Fsp3) is 0.667. The SMILES string of the molecule is C/C=C/CCC[NH]. The van der Waals surface area contributed by atoms with Gasteiger partial charge in [-0.15, -0.1) is 0 Å². The monoisotopic (exact) mass is 98.1 g/mol. The quantitative estimate of drug-likeness (QED) is 0.378. The Kier molecular flexibility index (Phi) is 5.46. The smallest absolute Gasteiger partial charge is 0.0103 e. The molecule has 0 atom stereocenters. The van der Waals surface area contributed by atoms with Gasteiger partial charge >= 0.3 is 0 Å². The van der Waals surface area contributed by atoms with E-state index in [1.54, 1.807) is 0 Å². The van der Waals surface area contributed by atoms with Gasteiger partial charge in [-0.05, 0) is 19.8 Å². The van der Waals surface area contributed by atoms with E-state index in [0.29, 0.717) is 6.54 Å². The second-order valence-electron chi connectivity index (χ2n) is 1.46. The van der Waals surface area contributed by atoms with Crippen LogP contribution in [-0.2, 0) is 0 Å². The minimum absolute atomic E-state index is 0.560. The topological polar surface area (TPSA) is 23.8 Å². The highest BCUT2D eigenvalue weighted by Gasteiger charge is 1.73. The Balaban J connectivity index is 2.69. The van der Waals surface area contributed by atoms with E-state index in [-0.39, 0.29) is 0 Å². The molecule has 0 amide bonds. The van der Waals surface area contributed by atoms with Crippen LogP contribution in [0.1, 0.15) is 19.8 Å². The van der Waals surface area contributed by atoms with Gasteiger partial charge in [-0.2, -0.15) is 0 Å². The number of hydrogen-bond acceptors (Lipinski definition) is 0. The van der Waals surface area contributed by atoms with E-state index in [0.717, 1.165) is 12.8 Å². The molecule has 7 heavy (non-hydrogen) atoms. The highest BCUT2D eigenvalue weighted by Crippen LogP contribution is 1.86. The number of nitrogens with one attached hydrogen (secondary N) is 1. The van der Waals surface area contributed by atoms with E-state index < -0.39 is 0 Å². The molecule has 0 bridgehead atoms. The van der Waals surface area contributed by atoms with E-state index in [2.05, 4.69) is 6.08 Å². The lowest BCUT2D eigenvalue weighted by Gasteiger charge is -1.83. The maximum Gasteiger partial charge on any atom is 0.0103 e. The molecule has 0 aliphatic heterocycles. The minimum atomic E-state index is 0.560. The molecule has 0 unspecified atom stereocenters. The summed E-state index contributed by atoms with van der Waals surface area (Å²) in [6.45, 7) is 2.56. The van der Waals surface area contributed by atoms with Crippen molar-refractivity contribution in [3.05, 3.63) is 12.2 Å². The fourth-order valence-corrected chi connectivity index (χ4v) is 0.387. The van der Waals surface area contributed by atoms with Gasteiger partial charge in [0.05, 0.1) is 0 Å². The lowest BCUT2D eigenvalue weighted by atomic mass is 10.3. The molecular formula is C6H12N. The predicted octanol–water partition coefficient (Wildman–Crippen LogP) is 1.63. The number of unbranched alkanes of at least 4 members (excludes halogenated alkanes) is 1. The molecule has 0 aromatic rings. The van der Waals surface area contributed by atoms with Crippen LogP contribution >= 0.6 is 0 Å². The molecule has 0 fully saturated rings. The maximum absolute atomic E-state index is 6.75. The van der Waals surface area contributed by atoms with Gasteiger partial charge in [0, 0.05) is 6.54 Å². The van der Waals surface area contributed by atoms with E-state index in [4.69, 9.17) is 5.73 Å². The highest BCUT2D eigenvalue weighted by atomic mass is 14.5. The van der Waals surface area contributed by atoms with Crippen LogP contribution in [0.3, 0.4) is 0 Å². The van der Waals surface area contributed by atoms with E-state index in [1.165, 1.54) is 0 Å². The van der Waals surface area contributed by atoms with E-state index >= 15 is 0 Å². The molecule has 0 heterocycles. The molecule has 0 spiro atoms. The minimum Gasteiger partial charge on any atom is -0.258 e. The molecule has 1 N–H and O–H groups in total. The van der Waals surface area contributed by atoms with Crippen molar-refractivity contribution in [3.63, 3.8) is 0 Å². The Labute approximate surface area is 45.2 Å². The van der Waals surface area contributed by atoms with Gasteiger partial charge in [-0.1, -0.05) is 12.2 Å². The van der Waals surface area contributed by atoms with Gasteiger partial charge in [-0.25, -0.2) is 0 Å². The summed E-state index contributed by atoms with van der Waals surface area (Å²) in [6, 6.07) is 0. The molecule has 0 saturated carbocycles. The maximum atomic E-state index is 6.75. The van der Waals surface area contributed by atoms with Gasteiger partial charge in [-0.3, -0.25) is 5.73 Å². The molecule has 0 aromatic heterocycles. The van der Waals surface area contributed by atoms with Crippen LogP contribution in [0, 0.1) is 0 Å². The third kappa shape index (κ3) is 5.70. The summed E-state index contributed by atoms with van der Waals surface area (Å²) in [5.74, 6) is 0. The highest BCUT2D eigenvalue weighted by molar-refractivity contribution is 4.76. The second kappa shape index (κ2) is 5.70. The second-order valence-corrected chi connectivity index (χ2v) is 1.46. The molecule has 0 aromatic carbocycles. The van der Waals surface area contributed by atoms with Gasteiger partial charge in [0.15, 0.2) is 0 Å². The predicted molar refractivity (Wildman–Crippen MR) is 32.0 cm³/mol. The average Bonchev–Trinajstić information content (AvgIpc) is 1.69. The van der Waals surface area contributed by atoms with Crippen molar-refractivity contribution in [3.8, 4) is 0 Å². The number of hydrogen-bond donors (Lipinski definition) is 0. The number of rotatable bonds is 3. The van der Waals surface area contributed by atoms with Gasteiger partial charge < -0.3 is 0 Å². The molecule has 0 aliphatic rings. The molecule has 1 radical (unpaired) electrons. The molecular weight excluding hydrogens is 86.1 g/mol. The zero-order valence-electron chi connectivity index (χ0n) is 4.78. The zero-order valence-corrected chi connectivity index (χ0v) is 4.78. The molecule has 0 rings (SSSR count). The van der Waals surface area contributed by atoms with Crippen molar-refractivity contribution >= 4 is 0 Å². The Morgan fingerprint density at radius 3 is 2.71 bits per heavy atom. The average molecular weight is 98.2 g/mol. The zero-order chi connectivity index (χ0) is 5.54. The van der Waals surface area contributed by atoms with Crippen LogP contribution in [0.4, 0.5) is 0 Å². The lowest BCUT2D eigenvalue weighted by molar-refractivity contribution is 0.836. The normalized spacial score (nSPS) is 10.6. The molecule has 41 valence electrons. The van der Waals surface area contributed by atoms with E-state index in [1.807, 2.05) is 13.0 Å². The number of allylic oxidation sites excluding steroid dienone is 2. The summed E-state index contributed by atoms with van der Waals surface area (Å²) >= 11 is 0. The first-order valence-corrected chi connectivity index (χ1v) is 2.67. The van der Waals surface area contributed by atoms with Crippen LogP contribution in [-0.4, -0.2) is 6.54 Å². The Bertz CT molecular complexity index is 48.1. The Morgan fingerprint density at radius 2 is 2.29 bits per heavy atom. The van der Waals surface area contributed by atoms with Crippen molar-refractivity contribution in [2.24, 2.45) is 0 Å². The van der Waals surface area contributed by atoms with Crippen LogP contribution in [0.5, 0.6) is 0 Å². The first kappa shape index (κ1) is 6.70. The van der Waals surface area contributed by atoms with Crippen molar-refractivity contribution in [1.29, 1.82) is 0 Å². The summed E-state index contributed by atoms with van der Waals surface area (Å²) in [5, 5.41) is 0. The molecule has 0 aliphatic carbocycles. The summed E-state index contributed by atoms with van der Waals surface area (Å²) in [7, 11) is 0. The lowest BCUT2D eigenvalue weighted by Crippen LogP contribution is -1.80. The van der Waals surface area contributed by atoms with Gasteiger partial charge in [0.2, 0.25) is 0 Å². The first-order chi connectivity index (χ1) is 3.41. The first-order valence-electron chi connectivity index (χ1n) is 2.67. The standard InChI is InChI=1S/C6H12N/c1-2-3-4-5-6-7/h2-3,7H,4-6H2,1H3/b3-2+.